The van der Waals surface area contributed by atoms with E-state index in [4.69, 9.17) is 4.42 Å². The van der Waals surface area contributed by atoms with Crippen molar-refractivity contribution in [2.45, 2.75) is 26.2 Å². The van der Waals surface area contributed by atoms with Crippen LogP contribution in [0.3, 0.4) is 0 Å². The van der Waals surface area contributed by atoms with Gasteiger partial charge in [-0.3, -0.25) is 4.79 Å². The Balaban J connectivity index is 1.99. The molecule has 2 nitrogen and oxygen atoms in total. The first kappa shape index (κ1) is 9.25. The SMILES string of the molecule is CC(Cc1ccco1)C1=CC(=O)CC1. The zero-order valence-electron chi connectivity index (χ0n) is 8.32. The van der Waals surface area contributed by atoms with Crippen molar-refractivity contribution in [3.63, 3.8) is 0 Å². The number of hydrogen-bond acceptors (Lipinski definition) is 2. The van der Waals surface area contributed by atoms with Crippen molar-refractivity contribution in [2.75, 3.05) is 0 Å². The summed E-state index contributed by atoms with van der Waals surface area (Å²) in [6.45, 7) is 2.15. The van der Waals surface area contributed by atoms with Gasteiger partial charge in [-0.05, 0) is 30.5 Å². The van der Waals surface area contributed by atoms with Gasteiger partial charge in [0, 0.05) is 12.8 Å². The van der Waals surface area contributed by atoms with Gasteiger partial charge in [-0.15, -0.1) is 0 Å². The molecule has 0 aliphatic heterocycles. The average Bonchev–Trinajstić information content (AvgIpc) is 2.75. The van der Waals surface area contributed by atoms with Crippen LogP contribution in [-0.2, 0) is 11.2 Å². The fourth-order valence-corrected chi connectivity index (χ4v) is 1.87. The highest BCUT2D eigenvalue weighted by molar-refractivity contribution is 5.93. The molecule has 74 valence electrons. The molecule has 0 radical (unpaired) electrons. The minimum absolute atomic E-state index is 0.270. The maximum Gasteiger partial charge on any atom is 0.155 e. The van der Waals surface area contributed by atoms with Gasteiger partial charge >= 0.3 is 0 Å². The Labute approximate surface area is 83.6 Å². The van der Waals surface area contributed by atoms with Gasteiger partial charge in [0.1, 0.15) is 5.76 Å². The number of carbonyl (C=O) groups excluding carboxylic acids is 1. The van der Waals surface area contributed by atoms with Crippen molar-refractivity contribution in [3.05, 3.63) is 35.8 Å². The standard InChI is InChI=1S/C12H14O2/c1-9(7-12-3-2-6-14-12)10-4-5-11(13)8-10/h2-3,6,8-9H,4-5,7H2,1H3. The Morgan fingerprint density at radius 3 is 2.93 bits per heavy atom. The molecule has 2 rings (SSSR count). The van der Waals surface area contributed by atoms with E-state index in [1.165, 1.54) is 5.57 Å². The molecule has 0 saturated carbocycles. The first-order valence-corrected chi connectivity index (χ1v) is 5.01. The van der Waals surface area contributed by atoms with Crippen LogP contribution in [0.4, 0.5) is 0 Å². The molecule has 1 atom stereocenters. The second-order valence-corrected chi connectivity index (χ2v) is 3.87. The summed E-state index contributed by atoms with van der Waals surface area (Å²) in [4.78, 5) is 11.1. The van der Waals surface area contributed by atoms with Crippen molar-refractivity contribution in [2.24, 2.45) is 5.92 Å². The normalized spacial score (nSPS) is 18.4. The van der Waals surface area contributed by atoms with Crippen molar-refractivity contribution in [3.8, 4) is 0 Å². The van der Waals surface area contributed by atoms with Crippen molar-refractivity contribution in [1.29, 1.82) is 0 Å². The molecule has 0 amide bonds. The third-order valence-electron chi connectivity index (χ3n) is 2.73. The minimum atomic E-state index is 0.270. The van der Waals surface area contributed by atoms with E-state index >= 15 is 0 Å². The summed E-state index contributed by atoms with van der Waals surface area (Å²) < 4.78 is 5.28. The molecule has 0 saturated heterocycles. The molecule has 0 aromatic carbocycles. The number of carbonyl (C=O) groups is 1. The van der Waals surface area contributed by atoms with Crippen molar-refractivity contribution < 1.29 is 9.21 Å². The van der Waals surface area contributed by atoms with Crippen LogP contribution in [0.25, 0.3) is 0 Å². The van der Waals surface area contributed by atoms with Crippen LogP contribution in [0.5, 0.6) is 0 Å². The molecule has 1 aliphatic rings. The molecule has 0 N–H and O–H groups in total. The summed E-state index contributed by atoms with van der Waals surface area (Å²) >= 11 is 0. The lowest BCUT2D eigenvalue weighted by Gasteiger charge is -2.09. The van der Waals surface area contributed by atoms with Gasteiger partial charge in [0.05, 0.1) is 6.26 Å². The Morgan fingerprint density at radius 1 is 1.50 bits per heavy atom. The van der Waals surface area contributed by atoms with Gasteiger partial charge in [0.2, 0.25) is 0 Å². The van der Waals surface area contributed by atoms with E-state index in [1.54, 1.807) is 12.3 Å². The van der Waals surface area contributed by atoms with Crippen LogP contribution < -0.4 is 0 Å². The van der Waals surface area contributed by atoms with Gasteiger partial charge < -0.3 is 4.42 Å². The molecule has 0 fully saturated rings. The van der Waals surface area contributed by atoms with E-state index in [2.05, 4.69) is 6.92 Å². The molecule has 1 unspecified atom stereocenters. The van der Waals surface area contributed by atoms with Crippen LogP contribution in [-0.4, -0.2) is 5.78 Å². The average molecular weight is 190 g/mol. The van der Waals surface area contributed by atoms with Crippen molar-refractivity contribution in [1.82, 2.24) is 0 Å². The van der Waals surface area contributed by atoms with Crippen LogP contribution in [0.2, 0.25) is 0 Å². The predicted octanol–water partition coefficient (Wildman–Crippen LogP) is 2.75. The smallest absolute Gasteiger partial charge is 0.155 e. The molecule has 0 spiro atoms. The molecule has 14 heavy (non-hydrogen) atoms. The van der Waals surface area contributed by atoms with E-state index in [0.29, 0.717) is 12.3 Å². The summed E-state index contributed by atoms with van der Waals surface area (Å²) in [7, 11) is 0. The molecule has 1 aromatic heterocycles. The van der Waals surface area contributed by atoms with Gasteiger partial charge in [-0.1, -0.05) is 12.5 Å². The maximum atomic E-state index is 11.1. The minimum Gasteiger partial charge on any atom is -0.469 e. The first-order valence-electron chi connectivity index (χ1n) is 5.01. The molecule has 2 heteroatoms. The zero-order chi connectivity index (χ0) is 9.97. The quantitative estimate of drug-likeness (QED) is 0.733. The fourth-order valence-electron chi connectivity index (χ4n) is 1.87. The van der Waals surface area contributed by atoms with Crippen LogP contribution >= 0.6 is 0 Å². The molecular formula is C12H14O2. The molecule has 0 bridgehead atoms. The molecule has 1 aromatic rings. The number of rotatable bonds is 3. The van der Waals surface area contributed by atoms with Crippen LogP contribution in [0, 0.1) is 5.92 Å². The fraction of sp³-hybridized carbons (Fsp3) is 0.417. The maximum absolute atomic E-state index is 11.1. The number of furan rings is 1. The highest BCUT2D eigenvalue weighted by Gasteiger charge is 2.18. The molecule has 1 heterocycles. The number of allylic oxidation sites excluding steroid dienone is 2. The molecular weight excluding hydrogens is 176 g/mol. The van der Waals surface area contributed by atoms with Gasteiger partial charge in [0.15, 0.2) is 5.78 Å². The highest BCUT2D eigenvalue weighted by atomic mass is 16.3. The summed E-state index contributed by atoms with van der Waals surface area (Å²) in [5, 5.41) is 0. The van der Waals surface area contributed by atoms with E-state index in [0.717, 1.165) is 18.6 Å². The van der Waals surface area contributed by atoms with E-state index in [1.807, 2.05) is 12.1 Å². The lowest BCUT2D eigenvalue weighted by atomic mass is 9.96. The molecule has 1 aliphatic carbocycles. The first-order chi connectivity index (χ1) is 6.75. The number of ketones is 1. The number of hydrogen-bond donors (Lipinski definition) is 0. The monoisotopic (exact) mass is 190 g/mol. The van der Waals surface area contributed by atoms with E-state index in [9.17, 15) is 4.79 Å². The topological polar surface area (TPSA) is 30.2 Å². The Kier molecular flexibility index (Phi) is 2.53. The summed E-state index contributed by atoms with van der Waals surface area (Å²) in [6, 6.07) is 3.88. The Morgan fingerprint density at radius 2 is 2.36 bits per heavy atom. The summed E-state index contributed by atoms with van der Waals surface area (Å²) in [5.41, 5.74) is 1.27. The third-order valence-corrected chi connectivity index (χ3v) is 2.73. The van der Waals surface area contributed by atoms with Crippen molar-refractivity contribution >= 4 is 5.78 Å². The lowest BCUT2D eigenvalue weighted by Crippen LogP contribution is -2.00. The zero-order valence-corrected chi connectivity index (χ0v) is 8.32. The highest BCUT2D eigenvalue weighted by Crippen LogP contribution is 2.25. The van der Waals surface area contributed by atoms with Gasteiger partial charge in [0.25, 0.3) is 0 Å². The van der Waals surface area contributed by atoms with Crippen LogP contribution in [0.1, 0.15) is 25.5 Å². The summed E-state index contributed by atoms with van der Waals surface area (Å²) in [5.74, 6) is 1.69. The largest absolute Gasteiger partial charge is 0.469 e. The van der Waals surface area contributed by atoms with Crippen LogP contribution in [0.15, 0.2) is 34.5 Å². The third kappa shape index (κ3) is 1.95. The Hall–Kier alpha value is -1.31. The second kappa shape index (κ2) is 3.82. The summed E-state index contributed by atoms with van der Waals surface area (Å²) in [6.07, 6.45) is 6.01. The van der Waals surface area contributed by atoms with E-state index in [-0.39, 0.29) is 5.78 Å². The second-order valence-electron chi connectivity index (χ2n) is 3.87. The Bertz CT molecular complexity index is 346. The van der Waals surface area contributed by atoms with Gasteiger partial charge in [-0.2, -0.15) is 0 Å². The predicted molar refractivity (Wildman–Crippen MR) is 53.9 cm³/mol. The van der Waals surface area contributed by atoms with E-state index < -0.39 is 0 Å². The lowest BCUT2D eigenvalue weighted by molar-refractivity contribution is -0.114. The van der Waals surface area contributed by atoms with Gasteiger partial charge in [-0.25, -0.2) is 0 Å².